The van der Waals surface area contributed by atoms with E-state index in [0.29, 0.717) is 22.0 Å². The number of para-hydroxylation sites is 1. The van der Waals surface area contributed by atoms with Crippen molar-refractivity contribution in [3.8, 4) is 0 Å². The number of fused-ring (bicyclic) bond motifs is 2. The highest BCUT2D eigenvalue weighted by atomic mass is 16.4. The molecule has 0 atom stereocenters. The lowest BCUT2D eigenvalue weighted by molar-refractivity contribution is 0.0626. The first kappa shape index (κ1) is 13.4. The second-order valence-corrected chi connectivity index (χ2v) is 5.15. The van der Waals surface area contributed by atoms with Crippen LogP contribution in [0.1, 0.15) is 26.6 Å². The van der Waals surface area contributed by atoms with Gasteiger partial charge in [-0.15, -0.1) is 0 Å². The van der Waals surface area contributed by atoms with E-state index in [0.717, 1.165) is 4.90 Å². The van der Waals surface area contributed by atoms with Gasteiger partial charge < -0.3 is 4.42 Å². The van der Waals surface area contributed by atoms with Gasteiger partial charge in [-0.2, -0.15) is 0 Å². The Morgan fingerprint density at radius 3 is 2.17 bits per heavy atom. The topological polar surface area (TPSA) is 80.5 Å². The predicted molar refractivity (Wildman–Crippen MR) is 80.9 cm³/mol. The third-order valence-corrected chi connectivity index (χ3v) is 3.75. The van der Waals surface area contributed by atoms with Crippen molar-refractivity contribution in [1.29, 1.82) is 0 Å². The van der Waals surface area contributed by atoms with E-state index in [1.165, 1.54) is 0 Å². The highest BCUT2D eigenvalue weighted by molar-refractivity contribution is 6.21. The van der Waals surface area contributed by atoms with E-state index in [4.69, 9.17) is 4.42 Å². The fourth-order valence-electron chi connectivity index (χ4n) is 2.65. The van der Waals surface area contributed by atoms with Gasteiger partial charge in [0.15, 0.2) is 0 Å². The van der Waals surface area contributed by atoms with Crippen molar-refractivity contribution < 1.29 is 14.0 Å². The zero-order chi connectivity index (χ0) is 16.0. The Balaban J connectivity index is 1.74. The molecule has 1 aliphatic heterocycles. The Labute approximate surface area is 130 Å². The number of rotatable bonds is 2. The lowest BCUT2D eigenvalue weighted by Gasteiger charge is -2.12. The first-order chi connectivity index (χ1) is 11.1. The normalized spacial score (nSPS) is 13.7. The molecule has 6 nitrogen and oxygen atoms in total. The minimum atomic E-state index is -0.540. The molecular formula is C17H10N2O4. The lowest BCUT2D eigenvalue weighted by atomic mass is 10.1. The summed E-state index contributed by atoms with van der Waals surface area (Å²) in [6, 6.07) is 13.3. The van der Waals surface area contributed by atoms with Crippen molar-refractivity contribution in [3.05, 3.63) is 76.0 Å². The number of aromatic nitrogens is 1. The zero-order valence-corrected chi connectivity index (χ0v) is 11.9. The van der Waals surface area contributed by atoms with Crippen molar-refractivity contribution in [2.45, 2.75) is 6.54 Å². The van der Waals surface area contributed by atoms with Crippen LogP contribution in [0.5, 0.6) is 0 Å². The van der Waals surface area contributed by atoms with E-state index in [9.17, 15) is 14.4 Å². The van der Waals surface area contributed by atoms with Gasteiger partial charge in [0.05, 0.1) is 22.0 Å². The third-order valence-electron chi connectivity index (χ3n) is 3.75. The standard InChI is InChI=1S/C17H10N2O4/c20-15-10-5-1-2-6-11(10)16(21)19(15)9-14-18-13-8-4-3-7-12(13)17(22)23-14/h1-8H,9H2. The highest BCUT2D eigenvalue weighted by Crippen LogP contribution is 2.23. The van der Waals surface area contributed by atoms with E-state index in [-0.39, 0.29) is 12.4 Å². The van der Waals surface area contributed by atoms with Crippen LogP contribution < -0.4 is 5.63 Å². The van der Waals surface area contributed by atoms with E-state index >= 15 is 0 Å². The Hall–Kier alpha value is -3.28. The molecule has 0 saturated carbocycles. The maximum Gasteiger partial charge on any atom is 0.346 e. The molecule has 0 spiro atoms. The molecule has 2 heterocycles. The minimum absolute atomic E-state index is 0.0307. The van der Waals surface area contributed by atoms with Crippen LogP contribution in [0.15, 0.2) is 57.7 Å². The molecule has 2 aromatic carbocycles. The van der Waals surface area contributed by atoms with Gasteiger partial charge in [0.25, 0.3) is 11.8 Å². The molecule has 112 valence electrons. The van der Waals surface area contributed by atoms with Crippen LogP contribution in [0.2, 0.25) is 0 Å². The summed E-state index contributed by atoms with van der Waals surface area (Å²) in [6.07, 6.45) is 0. The molecule has 0 unspecified atom stereocenters. The molecule has 1 aromatic heterocycles. The molecule has 23 heavy (non-hydrogen) atoms. The summed E-state index contributed by atoms with van der Waals surface area (Å²) in [6.45, 7) is -0.174. The fourth-order valence-corrected chi connectivity index (χ4v) is 2.65. The van der Waals surface area contributed by atoms with Crippen molar-refractivity contribution in [1.82, 2.24) is 9.88 Å². The van der Waals surface area contributed by atoms with Gasteiger partial charge in [0, 0.05) is 0 Å². The van der Waals surface area contributed by atoms with Gasteiger partial charge >= 0.3 is 5.63 Å². The van der Waals surface area contributed by atoms with Crippen molar-refractivity contribution in [2.75, 3.05) is 0 Å². The largest absolute Gasteiger partial charge is 0.406 e. The van der Waals surface area contributed by atoms with E-state index < -0.39 is 17.4 Å². The molecule has 0 saturated heterocycles. The first-order valence-electron chi connectivity index (χ1n) is 6.99. The molecule has 4 rings (SSSR count). The maximum atomic E-state index is 12.3. The third kappa shape index (κ3) is 2.03. The van der Waals surface area contributed by atoms with Crippen LogP contribution in [0.4, 0.5) is 0 Å². The Bertz CT molecular complexity index is 987. The number of amides is 2. The number of carbonyl (C=O) groups is 2. The molecule has 0 aliphatic carbocycles. The predicted octanol–water partition coefficient (Wildman–Crippen LogP) is 1.98. The molecule has 0 fully saturated rings. The van der Waals surface area contributed by atoms with Crippen molar-refractivity contribution in [3.63, 3.8) is 0 Å². The van der Waals surface area contributed by atoms with Gasteiger partial charge in [0.1, 0.15) is 6.54 Å². The molecule has 0 bridgehead atoms. The molecule has 3 aromatic rings. The molecule has 0 radical (unpaired) electrons. The average Bonchev–Trinajstić information content (AvgIpc) is 2.81. The van der Waals surface area contributed by atoms with Crippen LogP contribution in [0.25, 0.3) is 10.9 Å². The fraction of sp³-hybridized carbons (Fsp3) is 0.0588. The van der Waals surface area contributed by atoms with E-state index in [1.54, 1.807) is 48.5 Å². The number of imide groups is 1. The lowest BCUT2D eigenvalue weighted by Crippen LogP contribution is -2.30. The Morgan fingerprint density at radius 2 is 1.48 bits per heavy atom. The quantitative estimate of drug-likeness (QED) is 0.676. The smallest absolute Gasteiger partial charge is 0.346 e. The van der Waals surface area contributed by atoms with Gasteiger partial charge in [-0.1, -0.05) is 24.3 Å². The van der Waals surface area contributed by atoms with Crippen molar-refractivity contribution in [2.24, 2.45) is 0 Å². The molecule has 1 aliphatic rings. The van der Waals surface area contributed by atoms with Gasteiger partial charge in [-0.05, 0) is 24.3 Å². The minimum Gasteiger partial charge on any atom is -0.406 e. The second-order valence-electron chi connectivity index (χ2n) is 5.15. The first-order valence-corrected chi connectivity index (χ1v) is 6.99. The van der Waals surface area contributed by atoms with Crippen LogP contribution in [0, 0.1) is 0 Å². The summed E-state index contributed by atoms with van der Waals surface area (Å²) >= 11 is 0. The number of hydrogen-bond acceptors (Lipinski definition) is 5. The molecule has 2 amide bonds. The van der Waals surface area contributed by atoms with Crippen LogP contribution in [0.3, 0.4) is 0 Å². The summed E-state index contributed by atoms with van der Waals surface area (Å²) < 4.78 is 5.14. The van der Waals surface area contributed by atoms with Gasteiger partial charge in [0.2, 0.25) is 5.89 Å². The van der Waals surface area contributed by atoms with Crippen LogP contribution in [-0.2, 0) is 6.54 Å². The SMILES string of the molecule is O=C1c2ccccc2C(=O)N1Cc1nc2ccccc2c(=O)o1. The number of nitrogens with zero attached hydrogens (tertiary/aromatic N) is 2. The average molecular weight is 306 g/mol. The number of hydrogen-bond donors (Lipinski definition) is 0. The Kier molecular flexibility index (Phi) is 2.84. The maximum absolute atomic E-state index is 12.3. The second kappa shape index (κ2) is 4.88. The molecular weight excluding hydrogens is 296 g/mol. The molecule has 6 heteroatoms. The summed E-state index contributed by atoms with van der Waals surface area (Å²) in [5, 5.41) is 0.360. The van der Waals surface area contributed by atoms with Crippen LogP contribution in [-0.4, -0.2) is 21.7 Å². The van der Waals surface area contributed by atoms with Gasteiger partial charge in [-0.3, -0.25) is 14.5 Å². The zero-order valence-electron chi connectivity index (χ0n) is 11.9. The van der Waals surface area contributed by atoms with E-state index in [1.807, 2.05) is 0 Å². The van der Waals surface area contributed by atoms with Gasteiger partial charge in [-0.25, -0.2) is 9.78 Å². The Morgan fingerprint density at radius 1 is 0.870 bits per heavy atom. The van der Waals surface area contributed by atoms with Crippen LogP contribution >= 0.6 is 0 Å². The molecule has 0 N–H and O–H groups in total. The summed E-state index contributed by atoms with van der Waals surface area (Å²) in [7, 11) is 0. The van der Waals surface area contributed by atoms with Crippen molar-refractivity contribution >= 4 is 22.7 Å². The summed E-state index contributed by atoms with van der Waals surface area (Å²) in [5.41, 5.74) is 0.624. The monoisotopic (exact) mass is 306 g/mol. The van der Waals surface area contributed by atoms with E-state index in [2.05, 4.69) is 4.98 Å². The number of benzene rings is 2. The number of carbonyl (C=O) groups excluding carboxylic acids is 2. The summed E-state index contributed by atoms with van der Waals surface area (Å²) in [4.78, 5) is 41.8. The summed E-state index contributed by atoms with van der Waals surface area (Å²) in [5.74, 6) is -0.797. The highest BCUT2D eigenvalue weighted by Gasteiger charge is 2.35.